The summed E-state index contributed by atoms with van der Waals surface area (Å²) in [7, 11) is 1.27. The van der Waals surface area contributed by atoms with Crippen LogP contribution >= 0.6 is 22.9 Å². The van der Waals surface area contributed by atoms with Gasteiger partial charge in [-0.2, -0.15) is 0 Å². The highest BCUT2D eigenvalue weighted by Gasteiger charge is 2.34. The van der Waals surface area contributed by atoms with E-state index in [1.165, 1.54) is 23.0 Å². The molecule has 0 saturated carbocycles. The minimum atomic E-state index is -0.875. The van der Waals surface area contributed by atoms with Crippen LogP contribution in [0.5, 0.6) is 11.5 Å². The molecule has 0 spiro atoms. The SMILES string of the molecule is CCOC(=O)C1=C(C)N=c2s/c(=C\c3ccc(-c4cccc(Cl)c4)o3)c(=O)n2[C@@H]1c1ccc(OCC(=O)OC)c(OCC)c1. The second kappa shape index (κ2) is 13.4. The van der Waals surface area contributed by atoms with Crippen molar-refractivity contribution in [3.63, 3.8) is 0 Å². The van der Waals surface area contributed by atoms with Crippen LogP contribution < -0.4 is 24.4 Å². The summed E-state index contributed by atoms with van der Waals surface area (Å²) < 4.78 is 29.3. The first-order chi connectivity index (χ1) is 21.2. The highest BCUT2D eigenvalue weighted by Crippen LogP contribution is 2.36. The summed E-state index contributed by atoms with van der Waals surface area (Å²) in [5.41, 5.74) is 1.64. The lowest BCUT2D eigenvalue weighted by Gasteiger charge is -2.25. The topological polar surface area (TPSA) is 119 Å². The maximum Gasteiger partial charge on any atom is 0.343 e. The maximum absolute atomic E-state index is 14.0. The molecule has 1 atom stereocenters. The van der Waals surface area contributed by atoms with E-state index in [2.05, 4.69) is 9.73 Å². The van der Waals surface area contributed by atoms with Crippen LogP contribution in [0.15, 0.2) is 80.1 Å². The number of rotatable bonds is 10. The van der Waals surface area contributed by atoms with Crippen molar-refractivity contribution in [2.24, 2.45) is 4.99 Å². The fourth-order valence-corrected chi connectivity index (χ4v) is 5.96. The van der Waals surface area contributed by atoms with Crippen LogP contribution in [0, 0.1) is 0 Å². The van der Waals surface area contributed by atoms with Gasteiger partial charge in [-0.3, -0.25) is 9.36 Å². The van der Waals surface area contributed by atoms with Crippen molar-refractivity contribution >= 4 is 41.0 Å². The van der Waals surface area contributed by atoms with E-state index in [9.17, 15) is 14.4 Å². The molecule has 0 saturated heterocycles. The minimum absolute atomic E-state index is 0.144. The number of furan rings is 1. The fraction of sp³-hybridized carbons (Fsp3) is 0.250. The van der Waals surface area contributed by atoms with Gasteiger partial charge in [0.1, 0.15) is 11.5 Å². The van der Waals surface area contributed by atoms with E-state index >= 15 is 0 Å². The normalized spacial score (nSPS) is 14.6. The van der Waals surface area contributed by atoms with E-state index in [1.54, 1.807) is 69.3 Å². The molecule has 0 amide bonds. The Hall–Kier alpha value is -4.61. The zero-order valence-electron chi connectivity index (χ0n) is 24.4. The number of aromatic nitrogens is 1. The van der Waals surface area contributed by atoms with Gasteiger partial charge in [-0.1, -0.05) is 41.1 Å². The molecule has 5 rings (SSSR count). The summed E-state index contributed by atoms with van der Waals surface area (Å²) in [5, 5.41) is 0.581. The number of carbonyl (C=O) groups is 2. The molecule has 0 N–H and O–H groups in total. The number of carbonyl (C=O) groups excluding carboxylic acids is 2. The predicted octanol–water partition coefficient (Wildman–Crippen LogP) is 4.66. The second-order valence-electron chi connectivity index (χ2n) is 9.52. The van der Waals surface area contributed by atoms with Crippen molar-refractivity contribution in [2.45, 2.75) is 26.8 Å². The number of benzene rings is 2. The molecule has 0 aliphatic carbocycles. The van der Waals surface area contributed by atoms with Crippen LogP contribution in [-0.4, -0.2) is 43.4 Å². The summed E-state index contributed by atoms with van der Waals surface area (Å²) in [6.45, 7) is 5.35. The van der Waals surface area contributed by atoms with Crippen LogP contribution in [0.4, 0.5) is 0 Å². The molecule has 1 aliphatic rings. The van der Waals surface area contributed by atoms with Crippen molar-refractivity contribution in [2.75, 3.05) is 26.9 Å². The Balaban J connectivity index is 1.62. The van der Waals surface area contributed by atoms with Crippen LogP contribution in [0.1, 0.15) is 38.1 Å². The third-order valence-corrected chi connectivity index (χ3v) is 7.90. The van der Waals surface area contributed by atoms with Gasteiger partial charge < -0.3 is 23.4 Å². The second-order valence-corrected chi connectivity index (χ2v) is 11.0. The standard InChI is InChI=1S/C32H29ClN2O8S/c1-5-40-25-15-20(10-12-24(25)42-17-27(36)39-4)29-28(31(38)41-6-2)18(3)34-32-35(29)30(37)26(44-32)16-22-11-13-23(43-22)19-8-7-9-21(33)14-19/h7-16,29H,5-6,17H2,1-4H3/b26-16-/t29-/m1/s1. The Labute approximate surface area is 261 Å². The van der Waals surface area contributed by atoms with Crippen LogP contribution in [-0.2, 0) is 19.1 Å². The van der Waals surface area contributed by atoms with Crippen LogP contribution in [0.3, 0.4) is 0 Å². The molecule has 2 aromatic carbocycles. The van der Waals surface area contributed by atoms with E-state index in [0.29, 0.717) is 55.2 Å². The Bertz CT molecular complexity index is 1940. The molecule has 10 nitrogen and oxygen atoms in total. The summed E-state index contributed by atoms with van der Waals surface area (Å²) in [4.78, 5) is 43.9. The van der Waals surface area contributed by atoms with E-state index in [0.717, 1.165) is 5.56 Å². The monoisotopic (exact) mass is 636 g/mol. The number of allylic oxidation sites excluding steroid dienone is 1. The lowest BCUT2D eigenvalue weighted by Crippen LogP contribution is -2.40. The average molecular weight is 637 g/mol. The van der Waals surface area contributed by atoms with Gasteiger partial charge in [-0.05, 0) is 62.7 Å². The van der Waals surface area contributed by atoms with E-state index in [-0.39, 0.29) is 24.3 Å². The molecule has 2 aromatic heterocycles. The highest BCUT2D eigenvalue weighted by molar-refractivity contribution is 7.07. The molecule has 3 heterocycles. The zero-order valence-corrected chi connectivity index (χ0v) is 26.0. The number of esters is 2. The van der Waals surface area contributed by atoms with Crippen molar-refractivity contribution in [3.05, 3.63) is 102 Å². The quantitative estimate of drug-likeness (QED) is 0.231. The summed E-state index contributed by atoms with van der Waals surface area (Å²) in [5.74, 6) is 0.562. The number of methoxy groups -OCH3 is 1. The lowest BCUT2D eigenvalue weighted by atomic mass is 9.95. The first-order valence-corrected chi connectivity index (χ1v) is 14.9. The molecule has 0 unspecified atom stereocenters. The zero-order chi connectivity index (χ0) is 31.4. The first kappa shape index (κ1) is 30.8. The Morgan fingerprint density at radius 3 is 2.61 bits per heavy atom. The molecule has 12 heteroatoms. The van der Waals surface area contributed by atoms with Crippen LogP contribution in [0.2, 0.25) is 5.02 Å². The van der Waals surface area contributed by atoms with Gasteiger partial charge in [0.25, 0.3) is 5.56 Å². The van der Waals surface area contributed by atoms with Crippen molar-refractivity contribution < 1.29 is 33.0 Å². The van der Waals surface area contributed by atoms with Gasteiger partial charge in [-0.15, -0.1) is 0 Å². The number of nitrogens with zero attached hydrogens (tertiary/aromatic N) is 2. The Morgan fingerprint density at radius 1 is 1.07 bits per heavy atom. The number of hydrogen-bond acceptors (Lipinski definition) is 10. The largest absolute Gasteiger partial charge is 0.490 e. The third kappa shape index (κ3) is 6.34. The van der Waals surface area contributed by atoms with Crippen molar-refractivity contribution in [1.82, 2.24) is 4.57 Å². The minimum Gasteiger partial charge on any atom is -0.490 e. The molecular weight excluding hydrogens is 608 g/mol. The van der Waals surface area contributed by atoms with Gasteiger partial charge in [0.05, 0.1) is 42.2 Å². The van der Waals surface area contributed by atoms with Crippen molar-refractivity contribution in [3.8, 4) is 22.8 Å². The highest BCUT2D eigenvalue weighted by atomic mass is 35.5. The third-order valence-electron chi connectivity index (χ3n) is 6.68. The molecule has 4 aromatic rings. The average Bonchev–Trinajstić information content (AvgIpc) is 3.60. The van der Waals surface area contributed by atoms with Gasteiger partial charge in [0.15, 0.2) is 22.9 Å². The van der Waals surface area contributed by atoms with Gasteiger partial charge in [0.2, 0.25) is 0 Å². The van der Waals surface area contributed by atoms with Gasteiger partial charge in [-0.25, -0.2) is 14.6 Å². The van der Waals surface area contributed by atoms with E-state index < -0.39 is 18.0 Å². The van der Waals surface area contributed by atoms with Gasteiger partial charge >= 0.3 is 11.9 Å². The molecule has 0 fully saturated rings. The summed E-state index contributed by atoms with van der Waals surface area (Å²) >= 11 is 7.32. The Morgan fingerprint density at radius 2 is 1.89 bits per heavy atom. The number of ether oxygens (including phenoxy) is 4. The summed E-state index contributed by atoms with van der Waals surface area (Å²) in [6.07, 6.45) is 1.65. The molecular formula is C32H29ClN2O8S. The van der Waals surface area contributed by atoms with E-state index in [1.807, 2.05) is 12.1 Å². The van der Waals surface area contributed by atoms with E-state index in [4.69, 9.17) is 30.2 Å². The summed E-state index contributed by atoms with van der Waals surface area (Å²) in [6, 6.07) is 15.0. The smallest absolute Gasteiger partial charge is 0.343 e. The molecule has 0 radical (unpaired) electrons. The van der Waals surface area contributed by atoms with Crippen molar-refractivity contribution in [1.29, 1.82) is 0 Å². The predicted molar refractivity (Wildman–Crippen MR) is 165 cm³/mol. The lowest BCUT2D eigenvalue weighted by molar-refractivity contribution is -0.143. The Kier molecular flexibility index (Phi) is 9.36. The molecule has 228 valence electrons. The molecule has 44 heavy (non-hydrogen) atoms. The number of thiazole rings is 1. The molecule has 0 bridgehead atoms. The number of fused-ring (bicyclic) bond motifs is 1. The van der Waals surface area contributed by atoms with Crippen LogP contribution in [0.25, 0.3) is 17.4 Å². The van der Waals surface area contributed by atoms with Gasteiger partial charge in [0, 0.05) is 16.7 Å². The molecule has 1 aliphatic heterocycles. The first-order valence-electron chi connectivity index (χ1n) is 13.8. The number of halogens is 1. The fourth-order valence-electron chi connectivity index (χ4n) is 4.74. The maximum atomic E-state index is 14.0. The number of hydrogen-bond donors (Lipinski definition) is 0.